The molecular weight excluding hydrogens is 283 g/mol. The molecule has 112 valence electrons. The van der Waals surface area contributed by atoms with Gasteiger partial charge in [0, 0.05) is 6.42 Å². The number of benzene rings is 1. The van der Waals surface area contributed by atoms with E-state index in [1.54, 1.807) is 31.2 Å². The van der Waals surface area contributed by atoms with E-state index in [9.17, 15) is 14.0 Å². The van der Waals surface area contributed by atoms with Crippen LogP contribution in [0.2, 0.25) is 0 Å². The van der Waals surface area contributed by atoms with Gasteiger partial charge < -0.3 is 0 Å². The number of imide groups is 1. The van der Waals surface area contributed by atoms with Crippen LogP contribution in [0.5, 0.6) is 0 Å². The first-order chi connectivity index (χ1) is 10.5. The minimum Gasteiger partial charge on any atom is -0.277 e. The lowest BCUT2D eigenvalue weighted by Crippen LogP contribution is -2.39. The van der Waals surface area contributed by atoms with E-state index >= 15 is 0 Å². The van der Waals surface area contributed by atoms with Crippen molar-refractivity contribution in [2.75, 3.05) is 0 Å². The first-order valence-electron chi connectivity index (χ1n) is 6.89. The summed E-state index contributed by atoms with van der Waals surface area (Å²) in [5.74, 6) is -1.65. The molecule has 0 saturated heterocycles. The van der Waals surface area contributed by atoms with Gasteiger partial charge in [-0.25, -0.2) is 4.39 Å². The molecule has 1 heterocycles. The van der Waals surface area contributed by atoms with Gasteiger partial charge in [0.2, 0.25) is 11.8 Å². The van der Waals surface area contributed by atoms with Gasteiger partial charge in [0.05, 0.1) is 24.1 Å². The maximum atomic E-state index is 13.2. The Balaban J connectivity index is 2.34. The second kappa shape index (κ2) is 6.81. The monoisotopic (exact) mass is 298 g/mol. The van der Waals surface area contributed by atoms with E-state index < -0.39 is 11.7 Å². The molecule has 0 spiro atoms. The average Bonchev–Trinajstić information content (AvgIpc) is 2.56. The predicted molar refractivity (Wildman–Crippen MR) is 78.7 cm³/mol. The maximum Gasteiger partial charge on any atom is 0.236 e. The van der Waals surface area contributed by atoms with Crippen LogP contribution in [0.4, 0.5) is 4.39 Å². The van der Waals surface area contributed by atoms with Crippen molar-refractivity contribution in [2.45, 2.75) is 19.9 Å². The van der Waals surface area contributed by atoms with E-state index in [0.29, 0.717) is 5.56 Å². The van der Waals surface area contributed by atoms with Crippen molar-refractivity contribution in [3.8, 4) is 6.07 Å². The van der Waals surface area contributed by atoms with Crippen molar-refractivity contribution >= 4 is 11.8 Å². The van der Waals surface area contributed by atoms with Crippen LogP contribution in [-0.2, 0) is 16.1 Å². The van der Waals surface area contributed by atoms with Crippen LogP contribution in [0.3, 0.4) is 0 Å². The lowest BCUT2D eigenvalue weighted by atomic mass is 10.1. The first kappa shape index (κ1) is 15.6. The Morgan fingerprint density at radius 1 is 1.36 bits per heavy atom. The first-order valence-corrected chi connectivity index (χ1v) is 6.89. The normalized spacial score (nSPS) is 21.5. The van der Waals surface area contributed by atoms with Crippen LogP contribution in [0.25, 0.3) is 0 Å². The molecule has 5 heteroatoms. The molecule has 0 aliphatic carbocycles. The molecule has 2 amide bonds. The van der Waals surface area contributed by atoms with Gasteiger partial charge in [-0.15, -0.1) is 0 Å². The van der Waals surface area contributed by atoms with Gasteiger partial charge >= 0.3 is 0 Å². The highest BCUT2D eigenvalue weighted by atomic mass is 19.1. The number of rotatable bonds is 2. The van der Waals surface area contributed by atoms with Gasteiger partial charge in [-0.1, -0.05) is 37.3 Å². The zero-order valence-electron chi connectivity index (χ0n) is 12.1. The lowest BCUT2D eigenvalue weighted by molar-refractivity contribution is -0.146. The topological polar surface area (TPSA) is 61.2 Å². The van der Waals surface area contributed by atoms with Crippen LogP contribution in [0.15, 0.2) is 42.5 Å². The molecule has 1 aromatic carbocycles. The Bertz CT molecular complexity index is 701. The smallest absolute Gasteiger partial charge is 0.236 e. The zero-order chi connectivity index (χ0) is 16.1. The standard InChI is InChI=1S/C17H15FN2O2/c1-12-5-3-2-4-6-16(21)20(17(12)22)11-13-7-8-15(18)9-14(13)10-19/h2-5,7-9,12H,6,11H2,1H3/b4-2-,5-3-. The van der Waals surface area contributed by atoms with E-state index in [1.807, 2.05) is 6.07 Å². The van der Waals surface area contributed by atoms with Gasteiger partial charge in [0.1, 0.15) is 5.82 Å². The van der Waals surface area contributed by atoms with Crippen molar-refractivity contribution in [2.24, 2.45) is 5.92 Å². The molecule has 0 aromatic heterocycles. The molecule has 0 bridgehead atoms. The van der Waals surface area contributed by atoms with Crippen molar-refractivity contribution in [3.05, 3.63) is 59.4 Å². The molecule has 0 fully saturated rings. The van der Waals surface area contributed by atoms with Gasteiger partial charge in [0.15, 0.2) is 0 Å². The molecule has 1 aliphatic heterocycles. The van der Waals surface area contributed by atoms with Crippen LogP contribution in [0, 0.1) is 23.1 Å². The number of amides is 2. The summed E-state index contributed by atoms with van der Waals surface area (Å²) < 4.78 is 13.2. The van der Waals surface area contributed by atoms with Crippen molar-refractivity contribution in [1.82, 2.24) is 4.90 Å². The molecule has 1 aromatic rings. The number of nitrogens with zero attached hydrogens (tertiary/aromatic N) is 2. The molecule has 0 saturated carbocycles. The predicted octanol–water partition coefficient (Wildman–Crippen LogP) is 2.70. The SMILES string of the molecule is CC1/C=C\C=C/CC(=O)N(Cc2ccc(F)cc2C#N)C1=O. The number of carbonyl (C=O) groups is 2. The number of allylic oxidation sites excluding steroid dienone is 2. The van der Waals surface area contributed by atoms with Crippen molar-refractivity contribution in [3.63, 3.8) is 0 Å². The second-order valence-electron chi connectivity index (χ2n) is 5.04. The largest absolute Gasteiger partial charge is 0.277 e. The van der Waals surface area contributed by atoms with Gasteiger partial charge in [-0.2, -0.15) is 5.26 Å². The fourth-order valence-corrected chi connectivity index (χ4v) is 2.17. The summed E-state index contributed by atoms with van der Waals surface area (Å²) in [6, 6.07) is 5.63. The van der Waals surface area contributed by atoms with Gasteiger partial charge in [-0.3, -0.25) is 14.5 Å². The number of halogens is 1. The molecule has 22 heavy (non-hydrogen) atoms. The lowest BCUT2D eigenvalue weighted by Gasteiger charge is -2.23. The summed E-state index contributed by atoms with van der Waals surface area (Å²) >= 11 is 0. The van der Waals surface area contributed by atoms with Crippen molar-refractivity contribution in [1.29, 1.82) is 5.26 Å². The molecule has 1 aliphatic rings. The summed E-state index contributed by atoms with van der Waals surface area (Å²) in [6.45, 7) is 1.67. The van der Waals surface area contributed by atoms with Gasteiger partial charge in [-0.05, 0) is 17.7 Å². The van der Waals surface area contributed by atoms with E-state index in [2.05, 4.69) is 0 Å². The Morgan fingerprint density at radius 3 is 2.86 bits per heavy atom. The number of hydrogen-bond donors (Lipinski definition) is 0. The minimum absolute atomic E-state index is 0.0349. The quantitative estimate of drug-likeness (QED) is 0.789. The van der Waals surface area contributed by atoms with Crippen LogP contribution in [0.1, 0.15) is 24.5 Å². The zero-order valence-corrected chi connectivity index (χ0v) is 12.1. The summed E-state index contributed by atoms with van der Waals surface area (Å²) in [6.07, 6.45) is 6.95. The maximum absolute atomic E-state index is 13.2. The Hall–Kier alpha value is -2.74. The number of nitriles is 1. The van der Waals surface area contributed by atoms with Crippen LogP contribution in [-0.4, -0.2) is 16.7 Å². The third kappa shape index (κ3) is 3.47. The minimum atomic E-state index is -0.526. The summed E-state index contributed by atoms with van der Waals surface area (Å²) in [7, 11) is 0. The van der Waals surface area contributed by atoms with E-state index in [1.165, 1.54) is 12.1 Å². The molecule has 2 rings (SSSR count). The summed E-state index contributed by atoms with van der Waals surface area (Å²) in [4.78, 5) is 25.7. The summed E-state index contributed by atoms with van der Waals surface area (Å²) in [5.41, 5.74) is 0.573. The Kier molecular flexibility index (Phi) is 4.84. The highest BCUT2D eigenvalue weighted by Gasteiger charge is 2.25. The molecule has 1 unspecified atom stereocenters. The van der Waals surface area contributed by atoms with E-state index in [0.717, 1.165) is 11.0 Å². The third-order valence-corrected chi connectivity index (χ3v) is 3.42. The Labute approximate surface area is 128 Å². The van der Waals surface area contributed by atoms with E-state index in [-0.39, 0.29) is 30.3 Å². The van der Waals surface area contributed by atoms with Gasteiger partial charge in [0.25, 0.3) is 0 Å². The van der Waals surface area contributed by atoms with Crippen LogP contribution >= 0.6 is 0 Å². The fourth-order valence-electron chi connectivity index (χ4n) is 2.17. The average molecular weight is 298 g/mol. The van der Waals surface area contributed by atoms with E-state index in [4.69, 9.17) is 5.26 Å². The molecule has 0 radical (unpaired) electrons. The fraction of sp³-hybridized carbons (Fsp3) is 0.235. The molecular formula is C17H15FN2O2. The molecule has 4 nitrogen and oxygen atoms in total. The number of hydrogen-bond acceptors (Lipinski definition) is 3. The summed E-state index contributed by atoms with van der Waals surface area (Å²) in [5, 5.41) is 9.07. The second-order valence-corrected chi connectivity index (χ2v) is 5.04. The molecule has 0 N–H and O–H groups in total. The third-order valence-electron chi connectivity index (χ3n) is 3.42. The molecule has 1 atom stereocenters. The highest BCUT2D eigenvalue weighted by molar-refractivity contribution is 5.97. The Morgan fingerprint density at radius 2 is 2.14 bits per heavy atom. The highest BCUT2D eigenvalue weighted by Crippen LogP contribution is 2.17. The number of carbonyl (C=O) groups excluding carboxylic acids is 2. The van der Waals surface area contributed by atoms with Crippen molar-refractivity contribution < 1.29 is 14.0 Å². The van der Waals surface area contributed by atoms with Crippen LogP contribution < -0.4 is 0 Å².